The molecule has 15 heavy (non-hydrogen) atoms. The number of hydrogen-bond donors (Lipinski definition) is 1. The van der Waals surface area contributed by atoms with Crippen molar-refractivity contribution in [2.75, 3.05) is 6.61 Å². The zero-order valence-electron chi connectivity index (χ0n) is 9.41. The number of aliphatic hydroxyl groups is 1. The second-order valence-corrected chi connectivity index (χ2v) is 4.56. The monoisotopic (exact) mass is 226 g/mol. The van der Waals surface area contributed by atoms with Crippen molar-refractivity contribution >= 4 is 11.6 Å². The van der Waals surface area contributed by atoms with E-state index in [1.54, 1.807) is 0 Å². The third-order valence-corrected chi connectivity index (χ3v) is 3.29. The standard InChI is InChI=1S/C13H19ClO/c1-3-10(2)8-11(9-15)12-6-4-5-7-13(12)14/h4-7,10-11,15H,3,8-9H2,1-2H3. The molecule has 0 amide bonds. The van der Waals surface area contributed by atoms with Gasteiger partial charge in [-0.1, -0.05) is 50.1 Å². The Kier molecular flexibility index (Phi) is 5.13. The molecule has 0 aliphatic rings. The Morgan fingerprint density at radius 3 is 2.53 bits per heavy atom. The molecule has 1 rings (SSSR count). The number of hydrogen-bond acceptors (Lipinski definition) is 1. The first-order chi connectivity index (χ1) is 7.19. The van der Waals surface area contributed by atoms with Crippen molar-refractivity contribution in [3.05, 3.63) is 34.9 Å². The van der Waals surface area contributed by atoms with E-state index in [0.717, 1.165) is 23.4 Å². The van der Waals surface area contributed by atoms with E-state index in [9.17, 15) is 5.11 Å². The summed E-state index contributed by atoms with van der Waals surface area (Å²) in [6, 6.07) is 7.78. The molecule has 0 saturated carbocycles. The van der Waals surface area contributed by atoms with E-state index in [0.29, 0.717) is 5.92 Å². The van der Waals surface area contributed by atoms with E-state index in [-0.39, 0.29) is 12.5 Å². The summed E-state index contributed by atoms with van der Waals surface area (Å²) in [5, 5.41) is 10.2. The molecule has 0 bridgehead atoms. The maximum absolute atomic E-state index is 9.39. The molecule has 1 nitrogen and oxygen atoms in total. The lowest BCUT2D eigenvalue weighted by atomic mass is 9.89. The molecule has 2 heteroatoms. The quantitative estimate of drug-likeness (QED) is 0.809. The van der Waals surface area contributed by atoms with Gasteiger partial charge in [-0.2, -0.15) is 0 Å². The summed E-state index contributed by atoms with van der Waals surface area (Å²) in [5.74, 6) is 0.798. The third-order valence-electron chi connectivity index (χ3n) is 2.95. The van der Waals surface area contributed by atoms with Gasteiger partial charge in [0.05, 0.1) is 0 Å². The van der Waals surface area contributed by atoms with Crippen LogP contribution >= 0.6 is 11.6 Å². The highest BCUT2D eigenvalue weighted by Crippen LogP contribution is 2.29. The number of rotatable bonds is 5. The average Bonchev–Trinajstić information content (AvgIpc) is 2.26. The summed E-state index contributed by atoms with van der Waals surface area (Å²) >= 11 is 6.11. The van der Waals surface area contributed by atoms with E-state index in [2.05, 4.69) is 13.8 Å². The smallest absolute Gasteiger partial charge is 0.0500 e. The van der Waals surface area contributed by atoms with Gasteiger partial charge in [0.15, 0.2) is 0 Å². The molecule has 0 aliphatic carbocycles. The van der Waals surface area contributed by atoms with Crippen molar-refractivity contribution < 1.29 is 5.11 Å². The van der Waals surface area contributed by atoms with E-state index >= 15 is 0 Å². The van der Waals surface area contributed by atoms with E-state index in [1.165, 1.54) is 0 Å². The van der Waals surface area contributed by atoms with Crippen LogP contribution in [0, 0.1) is 5.92 Å². The van der Waals surface area contributed by atoms with E-state index in [1.807, 2.05) is 24.3 Å². The minimum Gasteiger partial charge on any atom is -0.396 e. The normalized spacial score (nSPS) is 14.9. The molecule has 84 valence electrons. The molecule has 0 aliphatic heterocycles. The SMILES string of the molecule is CCC(C)CC(CO)c1ccccc1Cl. The molecule has 2 atom stereocenters. The summed E-state index contributed by atoms with van der Waals surface area (Å²) in [5.41, 5.74) is 1.07. The Morgan fingerprint density at radius 1 is 1.33 bits per heavy atom. The fourth-order valence-electron chi connectivity index (χ4n) is 1.76. The summed E-state index contributed by atoms with van der Waals surface area (Å²) in [7, 11) is 0. The van der Waals surface area contributed by atoms with Gasteiger partial charge in [-0.15, -0.1) is 0 Å². The molecule has 1 aromatic carbocycles. The van der Waals surface area contributed by atoms with Crippen molar-refractivity contribution in [3.63, 3.8) is 0 Å². The van der Waals surface area contributed by atoms with Gasteiger partial charge in [0.25, 0.3) is 0 Å². The molecule has 0 aromatic heterocycles. The lowest BCUT2D eigenvalue weighted by molar-refractivity contribution is 0.245. The second-order valence-electron chi connectivity index (χ2n) is 4.15. The third kappa shape index (κ3) is 3.51. The first kappa shape index (κ1) is 12.5. The van der Waals surface area contributed by atoms with Crippen LogP contribution in [-0.2, 0) is 0 Å². The van der Waals surface area contributed by atoms with Crippen LogP contribution in [0.4, 0.5) is 0 Å². The maximum atomic E-state index is 9.39. The van der Waals surface area contributed by atoms with Crippen LogP contribution in [0.1, 0.15) is 38.2 Å². The molecule has 1 aromatic rings. The molecule has 0 fully saturated rings. The van der Waals surface area contributed by atoms with Crippen LogP contribution in [-0.4, -0.2) is 11.7 Å². The Hall–Kier alpha value is -0.530. The van der Waals surface area contributed by atoms with Crippen LogP contribution in [0.3, 0.4) is 0 Å². The summed E-state index contributed by atoms with van der Waals surface area (Å²) in [6.07, 6.45) is 2.14. The van der Waals surface area contributed by atoms with Gasteiger partial charge in [0.2, 0.25) is 0 Å². The predicted molar refractivity (Wildman–Crippen MR) is 65.4 cm³/mol. The maximum Gasteiger partial charge on any atom is 0.0500 e. The highest BCUT2D eigenvalue weighted by atomic mass is 35.5. The summed E-state index contributed by atoms with van der Waals surface area (Å²) in [4.78, 5) is 0. The number of halogens is 1. The molecule has 0 spiro atoms. The first-order valence-electron chi connectivity index (χ1n) is 5.54. The van der Waals surface area contributed by atoms with Gasteiger partial charge in [-0.25, -0.2) is 0 Å². The fraction of sp³-hybridized carbons (Fsp3) is 0.538. The number of aliphatic hydroxyl groups excluding tert-OH is 1. The van der Waals surface area contributed by atoms with Crippen LogP contribution in [0.2, 0.25) is 5.02 Å². The lowest BCUT2D eigenvalue weighted by Gasteiger charge is -2.19. The Bertz CT molecular complexity index is 298. The van der Waals surface area contributed by atoms with Crippen LogP contribution < -0.4 is 0 Å². The lowest BCUT2D eigenvalue weighted by Crippen LogP contribution is -2.09. The Labute approximate surface area is 97.1 Å². The summed E-state index contributed by atoms with van der Waals surface area (Å²) < 4.78 is 0. The minimum atomic E-state index is 0.175. The van der Waals surface area contributed by atoms with Crippen molar-refractivity contribution in [2.24, 2.45) is 5.92 Å². The van der Waals surface area contributed by atoms with Crippen molar-refractivity contribution in [1.82, 2.24) is 0 Å². The van der Waals surface area contributed by atoms with Crippen molar-refractivity contribution in [2.45, 2.75) is 32.6 Å². The molecule has 0 saturated heterocycles. The second kappa shape index (κ2) is 6.14. The average molecular weight is 227 g/mol. The Morgan fingerprint density at radius 2 is 2.00 bits per heavy atom. The van der Waals surface area contributed by atoms with E-state index in [4.69, 9.17) is 11.6 Å². The van der Waals surface area contributed by atoms with Crippen molar-refractivity contribution in [1.29, 1.82) is 0 Å². The van der Waals surface area contributed by atoms with Gasteiger partial charge >= 0.3 is 0 Å². The van der Waals surface area contributed by atoms with Crippen LogP contribution in [0.15, 0.2) is 24.3 Å². The minimum absolute atomic E-state index is 0.175. The van der Waals surface area contributed by atoms with Gasteiger partial charge in [-0.3, -0.25) is 0 Å². The molecule has 0 heterocycles. The van der Waals surface area contributed by atoms with Crippen LogP contribution in [0.5, 0.6) is 0 Å². The molecule has 2 unspecified atom stereocenters. The van der Waals surface area contributed by atoms with Gasteiger partial charge in [0, 0.05) is 17.5 Å². The van der Waals surface area contributed by atoms with Crippen LogP contribution in [0.25, 0.3) is 0 Å². The van der Waals surface area contributed by atoms with Gasteiger partial charge < -0.3 is 5.11 Å². The molecular formula is C13H19ClO. The fourth-order valence-corrected chi connectivity index (χ4v) is 2.05. The highest BCUT2D eigenvalue weighted by Gasteiger charge is 2.15. The number of benzene rings is 1. The zero-order chi connectivity index (χ0) is 11.3. The summed E-state index contributed by atoms with van der Waals surface area (Å²) in [6.45, 7) is 4.55. The van der Waals surface area contributed by atoms with Gasteiger partial charge in [0.1, 0.15) is 0 Å². The topological polar surface area (TPSA) is 20.2 Å². The highest BCUT2D eigenvalue weighted by molar-refractivity contribution is 6.31. The molecular weight excluding hydrogens is 208 g/mol. The first-order valence-corrected chi connectivity index (χ1v) is 5.92. The van der Waals surface area contributed by atoms with Gasteiger partial charge in [-0.05, 0) is 24.0 Å². The predicted octanol–water partition coefficient (Wildman–Crippen LogP) is 3.85. The molecule has 0 radical (unpaired) electrons. The zero-order valence-corrected chi connectivity index (χ0v) is 10.2. The van der Waals surface area contributed by atoms with Crippen molar-refractivity contribution in [3.8, 4) is 0 Å². The van der Waals surface area contributed by atoms with E-state index < -0.39 is 0 Å². The molecule has 1 N–H and O–H groups in total. The Balaban J connectivity index is 2.78. The largest absolute Gasteiger partial charge is 0.396 e.